The van der Waals surface area contributed by atoms with Gasteiger partial charge in [-0.3, -0.25) is 14.3 Å². The minimum atomic E-state index is -1.19. The predicted molar refractivity (Wildman–Crippen MR) is 135 cm³/mol. The van der Waals surface area contributed by atoms with Crippen molar-refractivity contribution in [3.63, 3.8) is 0 Å². The van der Waals surface area contributed by atoms with Crippen molar-refractivity contribution in [1.82, 2.24) is 20.0 Å². The molecule has 2 heterocycles. The summed E-state index contributed by atoms with van der Waals surface area (Å²) in [6, 6.07) is 16.9. The fourth-order valence-corrected chi connectivity index (χ4v) is 4.42. The van der Waals surface area contributed by atoms with Gasteiger partial charge in [0.25, 0.3) is 5.91 Å². The van der Waals surface area contributed by atoms with Crippen LogP contribution in [0, 0.1) is 0 Å². The molecule has 0 fully saturated rings. The summed E-state index contributed by atoms with van der Waals surface area (Å²) in [5.41, 5.74) is 1.56. The molecule has 1 aliphatic heterocycles. The minimum Gasteiger partial charge on any atom is -0.497 e. The van der Waals surface area contributed by atoms with Crippen LogP contribution >= 0.6 is 0 Å². The molecule has 0 saturated heterocycles. The van der Waals surface area contributed by atoms with Gasteiger partial charge in [0.15, 0.2) is 0 Å². The highest BCUT2D eigenvalue weighted by atomic mass is 16.5. The average molecular weight is 493 g/mol. The van der Waals surface area contributed by atoms with Crippen LogP contribution in [-0.4, -0.2) is 66.5 Å². The summed E-state index contributed by atoms with van der Waals surface area (Å²) < 4.78 is 17.7. The van der Waals surface area contributed by atoms with Gasteiger partial charge in [-0.15, -0.1) is 0 Å². The first-order chi connectivity index (χ1) is 17.4. The van der Waals surface area contributed by atoms with E-state index in [-0.39, 0.29) is 24.9 Å². The highest BCUT2D eigenvalue weighted by molar-refractivity contribution is 6.00. The zero-order chi connectivity index (χ0) is 25.7. The maximum atomic E-state index is 13.9. The minimum absolute atomic E-state index is 0.160. The molecule has 9 heteroatoms. The van der Waals surface area contributed by atoms with Gasteiger partial charge in [-0.05, 0) is 37.6 Å². The number of ether oxygens (including phenoxy) is 3. The van der Waals surface area contributed by atoms with Gasteiger partial charge >= 0.3 is 0 Å². The molecular weight excluding hydrogens is 460 g/mol. The third-order valence-corrected chi connectivity index (χ3v) is 6.48. The number of carbonyl (C=O) groups excluding carboxylic acids is 2. The van der Waals surface area contributed by atoms with Crippen molar-refractivity contribution in [1.29, 1.82) is 0 Å². The molecule has 0 aliphatic carbocycles. The van der Waals surface area contributed by atoms with Crippen molar-refractivity contribution < 1.29 is 23.8 Å². The molecule has 4 rings (SSSR count). The summed E-state index contributed by atoms with van der Waals surface area (Å²) in [5, 5.41) is 7.66. The molecule has 36 heavy (non-hydrogen) atoms. The molecule has 1 aliphatic rings. The van der Waals surface area contributed by atoms with Gasteiger partial charge in [0.1, 0.15) is 22.7 Å². The fraction of sp³-hybridized carbons (Fsp3) is 0.370. The summed E-state index contributed by atoms with van der Waals surface area (Å²) in [4.78, 5) is 29.1. The lowest BCUT2D eigenvalue weighted by molar-refractivity contribution is -0.133. The molecule has 0 saturated carbocycles. The number of rotatable bonds is 10. The van der Waals surface area contributed by atoms with E-state index in [1.165, 1.54) is 0 Å². The molecule has 1 atom stereocenters. The van der Waals surface area contributed by atoms with Crippen LogP contribution in [0.1, 0.15) is 29.4 Å². The number of carbonyl (C=O) groups is 2. The second-order valence-corrected chi connectivity index (χ2v) is 8.88. The number of benzene rings is 2. The third kappa shape index (κ3) is 4.92. The monoisotopic (exact) mass is 492 g/mol. The normalized spacial score (nSPS) is 17.0. The summed E-state index contributed by atoms with van der Waals surface area (Å²) in [6.45, 7) is 3.12. The smallest absolute Gasteiger partial charge is 0.273 e. The number of amides is 2. The van der Waals surface area contributed by atoms with E-state index in [4.69, 9.17) is 14.2 Å². The van der Waals surface area contributed by atoms with E-state index in [0.29, 0.717) is 42.5 Å². The lowest BCUT2D eigenvalue weighted by Crippen LogP contribution is -2.63. The van der Waals surface area contributed by atoms with Crippen molar-refractivity contribution in [3.8, 4) is 22.8 Å². The molecule has 1 N–H and O–H groups in total. The van der Waals surface area contributed by atoms with Gasteiger partial charge in [0.05, 0.1) is 33.0 Å². The second-order valence-electron chi connectivity index (χ2n) is 8.88. The third-order valence-electron chi connectivity index (χ3n) is 6.48. The molecule has 1 aromatic heterocycles. The van der Waals surface area contributed by atoms with Crippen LogP contribution in [0.3, 0.4) is 0 Å². The maximum Gasteiger partial charge on any atom is 0.273 e. The van der Waals surface area contributed by atoms with E-state index in [0.717, 1.165) is 11.1 Å². The highest BCUT2D eigenvalue weighted by Gasteiger charge is 2.48. The van der Waals surface area contributed by atoms with Crippen molar-refractivity contribution in [2.24, 2.45) is 0 Å². The summed E-state index contributed by atoms with van der Waals surface area (Å²) in [5.74, 6) is 0.708. The van der Waals surface area contributed by atoms with Gasteiger partial charge in [0.2, 0.25) is 5.91 Å². The molecular formula is C27H32N4O5. The largest absolute Gasteiger partial charge is 0.497 e. The van der Waals surface area contributed by atoms with E-state index in [2.05, 4.69) is 10.4 Å². The van der Waals surface area contributed by atoms with Crippen LogP contribution in [0.25, 0.3) is 11.3 Å². The maximum absolute atomic E-state index is 13.9. The number of nitrogens with zero attached hydrogens (tertiary/aromatic N) is 3. The summed E-state index contributed by atoms with van der Waals surface area (Å²) in [6.07, 6.45) is 0.668. The molecule has 3 aromatic rings. The van der Waals surface area contributed by atoms with Crippen LogP contribution < -0.4 is 14.8 Å². The van der Waals surface area contributed by atoms with Crippen LogP contribution in [0.2, 0.25) is 0 Å². The Labute approximate surface area is 210 Å². The Morgan fingerprint density at radius 2 is 1.86 bits per heavy atom. The van der Waals surface area contributed by atoms with Gasteiger partial charge < -0.3 is 24.4 Å². The Morgan fingerprint density at radius 3 is 2.56 bits per heavy atom. The molecule has 0 radical (unpaired) electrons. The van der Waals surface area contributed by atoms with Gasteiger partial charge in [0, 0.05) is 31.4 Å². The van der Waals surface area contributed by atoms with Gasteiger partial charge in [-0.2, -0.15) is 5.10 Å². The first-order valence-corrected chi connectivity index (χ1v) is 11.8. The molecule has 0 bridgehead atoms. The van der Waals surface area contributed by atoms with Gasteiger partial charge in [-0.25, -0.2) is 0 Å². The molecule has 1 unspecified atom stereocenters. The Morgan fingerprint density at radius 1 is 1.08 bits per heavy atom. The molecule has 2 aromatic carbocycles. The number of fused-ring (bicyclic) bond motifs is 1. The van der Waals surface area contributed by atoms with Crippen LogP contribution in [0.15, 0.2) is 54.6 Å². The van der Waals surface area contributed by atoms with Crippen LogP contribution in [-0.2, 0) is 22.6 Å². The number of hydrogen-bond donors (Lipinski definition) is 1. The first-order valence-electron chi connectivity index (χ1n) is 11.8. The Hall–Kier alpha value is -3.85. The first kappa shape index (κ1) is 25.2. The standard InChI is InChI=1S/C27H32N4O5/c1-27(26(33)28-13-8-14-34-2)18-31-23(16-22(29-31)19-9-6-5-7-10-19)25(32)30(27)17-20-15-21(35-3)11-12-24(20)36-4/h5-7,9-12,15-16H,8,13-14,17-18H2,1-4H3,(H,28,33). The summed E-state index contributed by atoms with van der Waals surface area (Å²) >= 11 is 0. The van der Waals surface area contributed by atoms with E-state index >= 15 is 0 Å². The second kappa shape index (κ2) is 10.8. The SMILES string of the molecule is COCCCNC(=O)C1(C)Cn2nc(-c3ccccc3)cc2C(=O)N1Cc1cc(OC)ccc1OC. The Balaban J connectivity index is 1.73. The van der Waals surface area contributed by atoms with E-state index in [1.54, 1.807) is 56.0 Å². The number of aromatic nitrogens is 2. The van der Waals surface area contributed by atoms with Crippen molar-refractivity contribution in [2.45, 2.75) is 32.0 Å². The molecule has 190 valence electrons. The fourth-order valence-electron chi connectivity index (χ4n) is 4.42. The zero-order valence-corrected chi connectivity index (χ0v) is 21.1. The van der Waals surface area contributed by atoms with Crippen molar-refractivity contribution >= 4 is 11.8 Å². The number of nitrogens with one attached hydrogen (secondary N) is 1. The van der Waals surface area contributed by atoms with Gasteiger partial charge in [-0.1, -0.05) is 30.3 Å². The van der Waals surface area contributed by atoms with E-state index < -0.39 is 5.54 Å². The number of hydrogen-bond acceptors (Lipinski definition) is 6. The highest BCUT2D eigenvalue weighted by Crippen LogP contribution is 2.34. The number of methoxy groups -OCH3 is 3. The average Bonchev–Trinajstić information content (AvgIpc) is 3.33. The quantitative estimate of drug-likeness (QED) is 0.437. The molecule has 2 amide bonds. The van der Waals surface area contributed by atoms with Crippen LogP contribution in [0.5, 0.6) is 11.5 Å². The Kier molecular flexibility index (Phi) is 7.59. The summed E-state index contributed by atoms with van der Waals surface area (Å²) in [7, 11) is 4.78. The lowest BCUT2D eigenvalue weighted by atomic mass is 9.93. The topological polar surface area (TPSA) is 94.9 Å². The van der Waals surface area contributed by atoms with Crippen molar-refractivity contribution in [2.75, 3.05) is 34.5 Å². The lowest BCUT2D eigenvalue weighted by Gasteiger charge is -2.43. The van der Waals surface area contributed by atoms with E-state index in [1.807, 2.05) is 36.4 Å². The predicted octanol–water partition coefficient (Wildman–Crippen LogP) is 3.13. The zero-order valence-electron chi connectivity index (χ0n) is 21.1. The van der Waals surface area contributed by atoms with E-state index in [9.17, 15) is 9.59 Å². The molecule has 9 nitrogen and oxygen atoms in total. The van der Waals surface area contributed by atoms with Crippen molar-refractivity contribution in [3.05, 3.63) is 65.9 Å². The molecule has 0 spiro atoms. The Bertz CT molecular complexity index is 1230. The van der Waals surface area contributed by atoms with Crippen LogP contribution in [0.4, 0.5) is 0 Å².